The van der Waals surface area contributed by atoms with Crippen LogP contribution in [0.15, 0.2) is 34.5 Å². The molecule has 1 unspecified atom stereocenters. The highest BCUT2D eigenvalue weighted by Gasteiger charge is 2.30. The summed E-state index contributed by atoms with van der Waals surface area (Å²) >= 11 is 1.41. The maximum Gasteiger partial charge on any atom is 0.304 e. The summed E-state index contributed by atoms with van der Waals surface area (Å²) in [6.45, 7) is 4.01. The number of rotatable bonds is 4. The highest BCUT2D eigenvalue weighted by molar-refractivity contribution is 8.00. The van der Waals surface area contributed by atoms with E-state index in [-0.39, 0.29) is 11.7 Å². The summed E-state index contributed by atoms with van der Waals surface area (Å²) < 4.78 is 1.72. The van der Waals surface area contributed by atoms with Gasteiger partial charge in [-0.05, 0) is 12.5 Å². The number of hydrogen-bond donors (Lipinski definition) is 1. The Morgan fingerprint density at radius 3 is 2.68 bits per heavy atom. The highest BCUT2D eigenvalue weighted by atomic mass is 32.2. The zero-order valence-electron chi connectivity index (χ0n) is 12.4. The van der Waals surface area contributed by atoms with Crippen LogP contribution in [0.2, 0.25) is 0 Å². The van der Waals surface area contributed by atoms with Crippen LogP contribution in [0.5, 0.6) is 0 Å². The highest BCUT2D eigenvalue weighted by Crippen LogP contribution is 2.32. The largest absolute Gasteiger partial charge is 0.481 e. The minimum atomic E-state index is -0.846. The molecule has 1 aromatic carbocycles. The van der Waals surface area contributed by atoms with Crippen LogP contribution in [-0.2, 0) is 11.2 Å². The van der Waals surface area contributed by atoms with E-state index in [2.05, 4.69) is 15.3 Å². The van der Waals surface area contributed by atoms with Crippen LogP contribution in [0.3, 0.4) is 0 Å². The van der Waals surface area contributed by atoms with Crippen molar-refractivity contribution in [2.24, 2.45) is 5.10 Å². The number of benzene rings is 1. The zero-order chi connectivity index (χ0) is 15.7. The van der Waals surface area contributed by atoms with Gasteiger partial charge in [-0.1, -0.05) is 48.5 Å². The second-order valence-corrected chi connectivity index (χ2v) is 6.29. The minimum Gasteiger partial charge on any atom is -0.481 e. The predicted octanol–water partition coefficient (Wildman–Crippen LogP) is 2.35. The number of aromatic nitrogens is 3. The van der Waals surface area contributed by atoms with Gasteiger partial charge in [-0.2, -0.15) is 9.78 Å². The standard InChI is InChI=1S/C15H16N4O2S/c1-3-12-16-17-15-19(12)18-14(11(22-15)8-13(20)21)10-6-4-9(2)5-7-10/h4-7,11H,3,8H2,1-2H3,(H,20,21). The molecule has 0 fully saturated rings. The van der Waals surface area contributed by atoms with E-state index in [1.807, 2.05) is 38.1 Å². The van der Waals surface area contributed by atoms with Gasteiger partial charge in [0.25, 0.3) is 0 Å². The first kappa shape index (κ1) is 14.8. The van der Waals surface area contributed by atoms with E-state index < -0.39 is 5.97 Å². The van der Waals surface area contributed by atoms with E-state index in [4.69, 9.17) is 5.11 Å². The first-order chi connectivity index (χ1) is 10.6. The molecule has 0 saturated heterocycles. The van der Waals surface area contributed by atoms with Gasteiger partial charge in [-0.25, -0.2) is 0 Å². The normalized spacial score (nSPS) is 17.0. The summed E-state index contributed by atoms with van der Waals surface area (Å²) in [5.74, 6) is -0.0677. The Morgan fingerprint density at radius 2 is 2.05 bits per heavy atom. The average Bonchev–Trinajstić information content (AvgIpc) is 2.88. The van der Waals surface area contributed by atoms with Crippen LogP contribution in [0.4, 0.5) is 0 Å². The second-order valence-electron chi connectivity index (χ2n) is 5.12. The van der Waals surface area contributed by atoms with Gasteiger partial charge in [0.1, 0.15) is 0 Å². The second kappa shape index (κ2) is 5.92. The maximum atomic E-state index is 11.2. The van der Waals surface area contributed by atoms with Crippen LogP contribution >= 0.6 is 11.8 Å². The van der Waals surface area contributed by atoms with Crippen molar-refractivity contribution >= 4 is 23.4 Å². The lowest BCUT2D eigenvalue weighted by atomic mass is 10.0. The molecule has 1 aliphatic heterocycles. The van der Waals surface area contributed by atoms with E-state index >= 15 is 0 Å². The third-order valence-electron chi connectivity index (χ3n) is 3.46. The summed E-state index contributed by atoms with van der Waals surface area (Å²) in [6, 6.07) is 7.96. The number of carbonyl (C=O) groups is 1. The number of hydrogen-bond acceptors (Lipinski definition) is 5. The molecule has 0 radical (unpaired) electrons. The fraction of sp³-hybridized carbons (Fsp3) is 0.333. The molecule has 0 aliphatic carbocycles. The molecule has 7 heteroatoms. The molecule has 2 heterocycles. The van der Waals surface area contributed by atoms with Crippen molar-refractivity contribution in [3.8, 4) is 0 Å². The van der Waals surface area contributed by atoms with Crippen molar-refractivity contribution in [2.75, 3.05) is 0 Å². The fourth-order valence-corrected chi connectivity index (χ4v) is 3.42. The molecular weight excluding hydrogens is 300 g/mol. The SMILES string of the molecule is CCc1nnc2n1N=C(c1ccc(C)cc1)C(CC(=O)O)S2. The molecule has 1 aromatic heterocycles. The van der Waals surface area contributed by atoms with Gasteiger partial charge in [0.05, 0.1) is 17.4 Å². The molecule has 1 aliphatic rings. The summed E-state index contributed by atoms with van der Waals surface area (Å²) in [5.41, 5.74) is 2.85. The van der Waals surface area contributed by atoms with Crippen molar-refractivity contribution in [2.45, 2.75) is 37.1 Å². The Kier molecular flexibility index (Phi) is 3.98. The summed E-state index contributed by atoms with van der Waals surface area (Å²) in [6.07, 6.45) is 0.730. The Morgan fingerprint density at radius 1 is 1.32 bits per heavy atom. The van der Waals surface area contributed by atoms with Gasteiger partial charge in [0.2, 0.25) is 5.16 Å². The number of nitrogens with zero attached hydrogens (tertiary/aromatic N) is 4. The Balaban J connectivity index is 2.07. The Hall–Kier alpha value is -2.15. The number of carboxylic acids is 1. The number of fused-ring (bicyclic) bond motifs is 1. The van der Waals surface area contributed by atoms with Crippen LogP contribution in [0.25, 0.3) is 0 Å². The molecule has 0 saturated carbocycles. The maximum absolute atomic E-state index is 11.2. The van der Waals surface area contributed by atoms with E-state index in [0.29, 0.717) is 5.16 Å². The minimum absolute atomic E-state index is 0.00565. The van der Waals surface area contributed by atoms with Gasteiger partial charge in [-0.3, -0.25) is 4.79 Å². The smallest absolute Gasteiger partial charge is 0.304 e. The van der Waals surface area contributed by atoms with Gasteiger partial charge in [0, 0.05) is 6.42 Å². The van der Waals surface area contributed by atoms with Crippen LogP contribution in [0, 0.1) is 6.92 Å². The number of thioether (sulfide) groups is 1. The Bertz CT molecular complexity index is 737. The van der Waals surface area contributed by atoms with Gasteiger partial charge >= 0.3 is 5.97 Å². The van der Waals surface area contributed by atoms with Gasteiger partial charge < -0.3 is 5.11 Å². The lowest BCUT2D eigenvalue weighted by Gasteiger charge is -2.22. The van der Waals surface area contributed by atoms with Crippen LogP contribution in [-0.4, -0.2) is 36.9 Å². The molecule has 3 rings (SSSR count). The molecule has 1 atom stereocenters. The van der Waals surface area contributed by atoms with Crippen LogP contribution < -0.4 is 0 Å². The Labute approximate surface area is 132 Å². The van der Waals surface area contributed by atoms with Crippen molar-refractivity contribution in [3.05, 3.63) is 41.2 Å². The molecular formula is C15H16N4O2S. The summed E-state index contributed by atoms with van der Waals surface area (Å²) in [7, 11) is 0. The molecule has 6 nitrogen and oxygen atoms in total. The van der Waals surface area contributed by atoms with Crippen molar-refractivity contribution < 1.29 is 9.90 Å². The number of aliphatic carboxylic acids is 1. The first-order valence-electron chi connectivity index (χ1n) is 7.07. The first-order valence-corrected chi connectivity index (χ1v) is 7.95. The van der Waals surface area contributed by atoms with Crippen molar-refractivity contribution in [3.63, 3.8) is 0 Å². The topological polar surface area (TPSA) is 80.4 Å². The van der Waals surface area contributed by atoms with Crippen molar-refractivity contribution in [1.82, 2.24) is 14.9 Å². The molecule has 0 spiro atoms. The molecule has 2 aromatic rings. The van der Waals surface area contributed by atoms with Crippen LogP contribution in [0.1, 0.15) is 30.3 Å². The predicted molar refractivity (Wildman–Crippen MR) is 84.4 cm³/mol. The van der Waals surface area contributed by atoms with Crippen molar-refractivity contribution in [1.29, 1.82) is 0 Å². The van der Waals surface area contributed by atoms with E-state index in [1.54, 1.807) is 4.68 Å². The molecule has 1 N–H and O–H groups in total. The third kappa shape index (κ3) is 2.76. The van der Waals surface area contributed by atoms with Gasteiger partial charge in [-0.15, -0.1) is 10.2 Å². The number of carboxylic acid groups (broad SMARTS) is 1. The van der Waals surface area contributed by atoms with E-state index in [1.165, 1.54) is 11.8 Å². The zero-order valence-corrected chi connectivity index (χ0v) is 13.2. The quantitative estimate of drug-likeness (QED) is 0.936. The average molecular weight is 316 g/mol. The van der Waals surface area contributed by atoms with Gasteiger partial charge in [0.15, 0.2) is 5.82 Å². The third-order valence-corrected chi connectivity index (χ3v) is 4.60. The van der Waals surface area contributed by atoms with E-state index in [0.717, 1.165) is 29.1 Å². The number of aryl methyl sites for hydroxylation is 2. The monoisotopic (exact) mass is 316 g/mol. The molecule has 114 valence electrons. The molecule has 22 heavy (non-hydrogen) atoms. The fourth-order valence-electron chi connectivity index (χ4n) is 2.31. The summed E-state index contributed by atoms with van der Waals surface area (Å²) in [4.78, 5) is 11.2. The lowest BCUT2D eigenvalue weighted by Crippen LogP contribution is -2.27. The van der Waals surface area contributed by atoms with E-state index in [9.17, 15) is 4.79 Å². The molecule has 0 amide bonds. The molecule has 0 bridgehead atoms. The lowest BCUT2D eigenvalue weighted by molar-refractivity contribution is -0.136. The summed E-state index contributed by atoms with van der Waals surface area (Å²) in [5, 5.41) is 22.4.